The van der Waals surface area contributed by atoms with Crippen LogP contribution in [0.5, 0.6) is 0 Å². The Bertz CT molecular complexity index is 301. The molecular formula is C17H30N2. The average molecular weight is 262 g/mol. The van der Waals surface area contributed by atoms with E-state index in [1.54, 1.807) is 38.5 Å². The Hall–Kier alpha value is -0.0800. The van der Waals surface area contributed by atoms with Crippen LogP contribution in [-0.4, -0.2) is 36.1 Å². The van der Waals surface area contributed by atoms with Gasteiger partial charge in [-0.25, -0.2) is 0 Å². The fraction of sp³-hybridized carbons (Fsp3) is 1.00. The Morgan fingerprint density at radius 2 is 1.68 bits per heavy atom. The first-order valence-corrected chi connectivity index (χ1v) is 8.76. The smallest absolute Gasteiger partial charge is 0.0226 e. The molecule has 1 saturated heterocycles. The van der Waals surface area contributed by atoms with E-state index in [4.69, 9.17) is 0 Å². The normalized spacial score (nSPS) is 49.7. The monoisotopic (exact) mass is 262 g/mol. The average Bonchev–Trinajstić information content (AvgIpc) is 2.38. The number of hydrogen-bond acceptors (Lipinski definition) is 2. The summed E-state index contributed by atoms with van der Waals surface area (Å²) in [6.45, 7) is 6.14. The van der Waals surface area contributed by atoms with Gasteiger partial charge in [-0.15, -0.1) is 0 Å². The second kappa shape index (κ2) is 4.73. The quantitative estimate of drug-likeness (QED) is 0.841. The van der Waals surface area contributed by atoms with Gasteiger partial charge in [-0.05, 0) is 62.7 Å². The molecule has 1 N–H and O–H groups in total. The third kappa shape index (κ3) is 2.06. The summed E-state index contributed by atoms with van der Waals surface area (Å²) in [6.07, 6.45) is 12.1. The Kier molecular flexibility index (Phi) is 3.15. The molecule has 4 aliphatic carbocycles. The van der Waals surface area contributed by atoms with Gasteiger partial charge in [0.05, 0.1) is 0 Å². The molecule has 0 aromatic carbocycles. The van der Waals surface area contributed by atoms with E-state index in [-0.39, 0.29) is 0 Å². The fourth-order valence-corrected chi connectivity index (χ4v) is 6.39. The third-order valence-electron chi connectivity index (χ3n) is 6.59. The van der Waals surface area contributed by atoms with Gasteiger partial charge in [-0.2, -0.15) is 0 Å². The second-order valence-electron chi connectivity index (χ2n) is 7.98. The SMILES string of the molecule is CCCC1CNCCN1C12CC3CC(CC(C3)C1)C2. The highest BCUT2D eigenvalue weighted by Crippen LogP contribution is 2.58. The highest BCUT2D eigenvalue weighted by atomic mass is 15.3. The van der Waals surface area contributed by atoms with E-state index in [1.165, 1.54) is 32.5 Å². The van der Waals surface area contributed by atoms with Crippen LogP contribution in [0.3, 0.4) is 0 Å². The maximum absolute atomic E-state index is 3.64. The summed E-state index contributed by atoms with van der Waals surface area (Å²) >= 11 is 0. The van der Waals surface area contributed by atoms with Crippen LogP contribution in [-0.2, 0) is 0 Å². The molecule has 19 heavy (non-hydrogen) atoms. The summed E-state index contributed by atoms with van der Waals surface area (Å²) in [7, 11) is 0. The Morgan fingerprint density at radius 3 is 2.26 bits per heavy atom. The van der Waals surface area contributed by atoms with E-state index < -0.39 is 0 Å². The van der Waals surface area contributed by atoms with Crippen LogP contribution in [0.4, 0.5) is 0 Å². The molecule has 108 valence electrons. The molecule has 5 rings (SSSR count). The predicted molar refractivity (Wildman–Crippen MR) is 79.2 cm³/mol. The lowest BCUT2D eigenvalue weighted by molar-refractivity contribution is -0.110. The van der Waals surface area contributed by atoms with Crippen molar-refractivity contribution in [3.05, 3.63) is 0 Å². The van der Waals surface area contributed by atoms with Crippen LogP contribution in [0.1, 0.15) is 58.3 Å². The molecule has 2 heteroatoms. The van der Waals surface area contributed by atoms with E-state index >= 15 is 0 Å². The van der Waals surface area contributed by atoms with Crippen molar-refractivity contribution in [2.45, 2.75) is 69.9 Å². The van der Waals surface area contributed by atoms with Gasteiger partial charge in [-0.3, -0.25) is 4.90 Å². The first kappa shape index (κ1) is 12.6. The minimum absolute atomic E-state index is 0.636. The molecular weight excluding hydrogens is 232 g/mol. The van der Waals surface area contributed by atoms with E-state index in [2.05, 4.69) is 17.1 Å². The van der Waals surface area contributed by atoms with Gasteiger partial charge in [0.15, 0.2) is 0 Å². The Morgan fingerprint density at radius 1 is 1.05 bits per heavy atom. The van der Waals surface area contributed by atoms with Crippen LogP contribution < -0.4 is 5.32 Å². The molecule has 0 radical (unpaired) electrons. The van der Waals surface area contributed by atoms with E-state index in [9.17, 15) is 0 Å². The number of piperazine rings is 1. The molecule has 0 amide bonds. The lowest BCUT2D eigenvalue weighted by atomic mass is 9.52. The van der Waals surface area contributed by atoms with Crippen LogP contribution in [0.25, 0.3) is 0 Å². The van der Waals surface area contributed by atoms with Crippen molar-refractivity contribution in [2.24, 2.45) is 17.8 Å². The molecule has 4 saturated carbocycles. The largest absolute Gasteiger partial charge is 0.314 e. The molecule has 1 heterocycles. The van der Waals surface area contributed by atoms with Gasteiger partial charge < -0.3 is 5.32 Å². The molecule has 0 aromatic rings. The number of rotatable bonds is 3. The molecule has 5 aliphatic rings. The van der Waals surface area contributed by atoms with Gasteiger partial charge in [0, 0.05) is 31.2 Å². The van der Waals surface area contributed by atoms with Crippen molar-refractivity contribution >= 4 is 0 Å². The van der Waals surface area contributed by atoms with E-state index in [1.807, 2.05) is 0 Å². The predicted octanol–water partition coefficient (Wildman–Crippen LogP) is 3.03. The van der Waals surface area contributed by atoms with E-state index in [0.717, 1.165) is 23.8 Å². The molecule has 2 nitrogen and oxygen atoms in total. The lowest BCUT2D eigenvalue weighted by Gasteiger charge is -2.63. The van der Waals surface area contributed by atoms with Gasteiger partial charge >= 0.3 is 0 Å². The zero-order valence-electron chi connectivity index (χ0n) is 12.5. The van der Waals surface area contributed by atoms with Crippen LogP contribution in [0.2, 0.25) is 0 Å². The summed E-state index contributed by atoms with van der Waals surface area (Å²) in [5.74, 6) is 3.26. The van der Waals surface area contributed by atoms with Crippen LogP contribution >= 0.6 is 0 Å². The maximum Gasteiger partial charge on any atom is 0.0226 e. The van der Waals surface area contributed by atoms with E-state index in [0.29, 0.717) is 5.54 Å². The summed E-state index contributed by atoms with van der Waals surface area (Å²) < 4.78 is 0. The van der Waals surface area contributed by atoms with Crippen LogP contribution in [0, 0.1) is 17.8 Å². The molecule has 5 fully saturated rings. The molecule has 0 aromatic heterocycles. The van der Waals surface area contributed by atoms with Gasteiger partial charge in [-0.1, -0.05) is 13.3 Å². The maximum atomic E-state index is 3.64. The summed E-state index contributed by atoms with van der Waals surface area (Å²) in [6, 6.07) is 0.829. The van der Waals surface area contributed by atoms with Gasteiger partial charge in [0.1, 0.15) is 0 Å². The lowest BCUT2D eigenvalue weighted by Crippen LogP contribution is -2.66. The zero-order valence-corrected chi connectivity index (χ0v) is 12.5. The Balaban J connectivity index is 1.59. The van der Waals surface area contributed by atoms with Crippen molar-refractivity contribution in [1.29, 1.82) is 0 Å². The van der Waals surface area contributed by atoms with Crippen molar-refractivity contribution in [1.82, 2.24) is 10.2 Å². The summed E-state index contributed by atoms with van der Waals surface area (Å²) in [5.41, 5.74) is 0.636. The van der Waals surface area contributed by atoms with Crippen molar-refractivity contribution < 1.29 is 0 Å². The number of nitrogens with zero attached hydrogens (tertiary/aromatic N) is 1. The minimum atomic E-state index is 0.636. The first-order valence-electron chi connectivity index (χ1n) is 8.76. The summed E-state index contributed by atoms with van der Waals surface area (Å²) in [4.78, 5) is 3.00. The van der Waals surface area contributed by atoms with Crippen LogP contribution in [0.15, 0.2) is 0 Å². The first-order chi connectivity index (χ1) is 9.29. The Labute approximate surface area is 118 Å². The molecule has 4 bridgehead atoms. The summed E-state index contributed by atoms with van der Waals surface area (Å²) in [5, 5.41) is 3.64. The molecule has 0 spiro atoms. The third-order valence-corrected chi connectivity index (χ3v) is 6.59. The van der Waals surface area contributed by atoms with Crippen molar-refractivity contribution in [2.75, 3.05) is 19.6 Å². The second-order valence-corrected chi connectivity index (χ2v) is 7.98. The highest BCUT2D eigenvalue weighted by Gasteiger charge is 2.54. The van der Waals surface area contributed by atoms with Crippen molar-refractivity contribution in [3.63, 3.8) is 0 Å². The van der Waals surface area contributed by atoms with Gasteiger partial charge in [0.25, 0.3) is 0 Å². The molecule has 1 unspecified atom stereocenters. The highest BCUT2D eigenvalue weighted by molar-refractivity contribution is 5.09. The standard InChI is InChI=1S/C17H30N2/c1-2-3-16-12-18-4-5-19(16)17-9-13-6-14(10-17)8-15(7-13)11-17/h13-16,18H,2-12H2,1H3. The zero-order chi connectivity index (χ0) is 12.9. The fourth-order valence-electron chi connectivity index (χ4n) is 6.39. The number of nitrogens with one attached hydrogen (secondary N) is 1. The topological polar surface area (TPSA) is 15.3 Å². The van der Waals surface area contributed by atoms with Crippen molar-refractivity contribution in [3.8, 4) is 0 Å². The number of hydrogen-bond donors (Lipinski definition) is 1. The molecule has 1 aliphatic heterocycles. The molecule has 1 atom stereocenters. The minimum Gasteiger partial charge on any atom is -0.314 e. The van der Waals surface area contributed by atoms with Gasteiger partial charge in [0.2, 0.25) is 0 Å².